The number of aliphatic carboxylic acids is 1. The number of anilines is 1. The van der Waals surface area contributed by atoms with Gasteiger partial charge in [0.15, 0.2) is 0 Å². The van der Waals surface area contributed by atoms with Crippen molar-refractivity contribution in [3.05, 3.63) is 41.9 Å². The molecule has 8 heteroatoms. The van der Waals surface area contributed by atoms with E-state index in [9.17, 15) is 9.59 Å². The van der Waals surface area contributed by atoms with Gasteiger partial charge in [0.25, 0.3) is 0 Å². The standard InChI is InChI=1S/C12H11ClN4O3/c13-9-2-1-3-10(4-9)17(6-12(19)20)11(18)5-16-8-14-7-15-16/h1-4,7-8H,5-6H2,(H,19,20). The number of hydrogen-bond donors (Lipinski definition) is 1. The minimum absolute atomic E-state index is 0.0974. The first-order valence-corrected chi connectivity index (χ1v) is 6.04. The summed E-state index contributed by atoms with van der Waals surface area (Å²) in [5.41, 5.74) is 0.421. The van der Waals surface area contributed by atoms with Gasteiger partial charge in [-0.1, -0.05) is 17.7 Å². The van der Waals surface area contributed by atoms with E-state index in [1.165, 1.54) is 23.4 Å². The van der Waals surface area contributed by atoms with Gasteiger partial charge in [-0.25, -0.2) is 9.67 Å². The Kier molecular flexibility index (Phi) is 4.31. The number of carbonyl (C=O) groups is 2. The molecule has 0 spiro atoms. The van der Waals surface area contributed by atoms with Gasteiger partial charge >= 0.3 is 5.97 Å². The maximum atomic E-state index is 12.2. The first-order valence-electron chi connectivity index (χ1n) is 5.66. The molecule has 1 amide bonds. The van der Waals surface area contributed by atoms with Crippen LogP contribution in [0.25, 0.3) is 0 Å². The molecule has 104 valence electrons. The lowest BCUT2D eigenvalue weighted by atomic mass is 10.2. The molecule has 1 aromatic carbocycles. The van der Waals surface area contributed by atoms with E-state index >= 15 is 0 Å². The Balaban J connectivity index is 2.22. The Bertz CT molecular complexity index is 615. The molecular weight excluding hydrogens is 284 g/mol. The van der Waals surface area contributed by atoms with Gasteiger partial charge < -0.3 is 5.11 Å². The summed E-state index contributed by atoms with van der Waals surface area (Å²) in [7, 11) is 0. The summed E-state index contributed by atoms with van der Waals surface area (Å²) in [6.45, 7) is -0.548. The Labute approximate surface area is 119 Å². The van der Waals surface area contributed by atoms with Crippen molar-refractivity contribution in [3.8, 4) is 0 Å². The lowest BCUT2D eigenvalue weighted by molar-refractivity contribution is -0.136. The van der Waals surface area contributed by atoms with Gasteiger partial charge in [0.2, 0.25) is 5.91 Å². The minimum Gasteiger partial charge on any atom is -0.480 e. The molecule has 0 aliphatic rings. The van der Waals surface area contributed by atoms with Gasteiger partial charge in [-0.2, -0.15) is 5.10 Å². The zero-order valence-corrected chi connectivity index (χ0v) is 11.1. The summed E-state index contributed by atoms with van der Waals surface area (Å²) >= 11 is 5.86. The molecule has 1 heterocycles. The van der Waals surface area contributed by atoms with Gasteiger partial charge in [-0.3, -0.25) is 14.5 Å². The number of nitrogens with zero attached hydrogens (tertiary/aromatic N) is 4. The summed E-state index contributed by atoms with van der Waals surface area (Å²) < 4.78 is 1.32. The average Bonchev–Trinajstić information content (AvgIpc) is 2.88. The fraction of sp³-hybridized carbons (Fsp3) is 0.167. The molecule has 0 bridgehead atoms. The van der Waals surface area contributed by atoms with Crippen LogP contribution in [-0.2, 0) is 16.1 Å². The highest BCUT2D eigenvalue weighted by Crippen LogP contribution is 2.19. The van der Waals surface area contributed by atoms with Gasteiger partial charge in [0, 0.05) is 10.7 Å². The van der Waals surface area contributed by atoms with Crippen LogP contribution in [0.5, 0.6) is 0 Å². The fourth-order valence-electron chi connectivity index (χ4n) is 1.64. The predicted molar refractivity (Wildman–Crippen MR) is 71.5 cm³/mol. The molecule has 0 radical (unpaired) electrons. The Morgan fingerprint density at radius 3 is 2.80 bits per heavy atom. The van der Waals surface area contributed by atoms with Crippen LogP contribution in [0.4, 0.5) is 5.69 Å². The van der Waals surface area contributed by atoms with E-state index in [2.05, 4.69) is 10.1 Å². The molecule has 0 atom stereocenters. The molecule has 0 aliphatic heterocycles. The van der Waals surface area contributed by atoms with Crippen molar-refractivity contribution in [2.75, 3.05) is 11.4 Å². The van der Waals surface area contributed by atoms with Gasteiger partial charge in [-0.15, -0.1) is 0 Å². The van der Waals surface area contributed by atoms with Crippen molar-refractivity contribution < 1.29 is 14.7 Å². The second kappa shape index (κ2) is 6.16. The fourth-order valence-corrected chi connectivity index (χ4v) is 1.83. The zero-order valence-electron chi connectivity index (χ0n) is 10.3. The number of rotatable bonds is 5. The van der Waals surface area contributed by atoms with Crippen LogP contribution in [0.3, 0.4) is 0 Å². The summed E-state index contributed by atoms with van der Waals surface area (Å²) in [6, 6.07) is 6.44. The number of carboxylic acid groups (broad SMARTS) is 1. The molecular formula is C12H11ClN4O3. The molecule has 0 saturated carbocycles. The average molecular weight is 295 g/mol. The van der Waals surface area contributed by atoms with Gasteiger partial charge in [0.05, 0.1) is 0 Å². The molecule has 7 nitrogen and oxygen atoms in total. The highest BCUT2D eigenvalue weighted by molar-refractivity contribution is 6.30. The monoisotopic (exact) mass is 294 g/mol. The molecule has 1 aromatic heterocycles. The third-order valence-corrected chi connectivity index (χ3v) is 2.71. The molecule has 0 aliphatic carbocycles. The molecule has 1 N–H and O–H groups in total. The van der Waals surface area contributed by atoms with Crippen LogP contribution in [0.1, 0.15) is 0 Å². The van der Waals surface area contributed by atoms with Gasteiger partial charge in [-0.05, 0) is 18.2 Å². The first kappa shape index (κ1) is 14.0. The van der Waals surface area contributed by atoms with Gasteiger partial charge in [0.1, 0.15) is 25.7 Å². The summed E-state index contributed by atoms with van der Waals surface area (Å²) in [5.74, 6) is -1.53. The maximum Gasteiger partial charge on any atom is 0.323 e. The van der Waals surface area contributed by atoms with Crippen molar-refractivity contribution in [3.63, 3.8) is 0 Å². The highest BCUT2D eigenvalue weighted by Gasteiger charge is 2.19. The normalized spacial score (nSPS) is 10.2. The SMILES string of the molecule is O=C(O)CN(C(=O)Cn1cncn1)c1cccc(Cl)c1. The van der Waals surface area contributed by atoms with Crippen molar-refractivity contribution in [2.24, 2.45) is 0 Å². The summed E-state index contributed by atoms with van der Waals surface area (Å²) in [4.78, 5) is 28.0. The Hall–Kier alpha value is -2.41. The third kappa shape index (κ3) is 3.55. The second-order valence-electron chi connectivity index (χ2n) is 3.95. The third-order valence-electron chi connectivity index (χ3n) is 2.48. The smallest absolute Gasteiger partial charge is 0.323 e. The lowest BCUT2D eigenvalue weighted by Crippen LogP contribution is -2.38. The summed E-state index contributed by atoms with van der Waals surface area (Å²) in [6.07, 6.45) is 2.68. The van der Waals surface area contributed by atoms with Crippen LogP contribution in [0, 0.1) is 0 Å². The number of halogens is 1. The van der Waals surface area contributed by atoms with E-state index in [1.54, 1.807) is 18.2 Å². The van der Waals surface area contributed by atoms with E-state index in [0.717, 1.165) is 4.90 Å². The van der Waals surface area contributed by atoms with E-state index < -0.39 is 18.4 Å². The number of amides is 1. The molecule has 2 aromatic rings. The lowest BCUT2D eigenvalue weighted by Gasteiger charge is -2.21. The van der Waals surface area contributed by atoms with Crippen LogP contribution < -0.4 is 4.90 Å². The highest BCUT2D eigenvalue weighted by atomic mass is 35.5. The molecule has 2 rings (SSSR count). The van der Waals surface area contributed by atoms with E-state index in [4.69, 9.17) is 16.7 Å². The number of carbonyl (C=O) groups excluding carboxylic acids is 1. The first-order chi connectivity index (χ1) is 9.56. The quantitative estimate of drug-likeness (QED) is 0.890. The molecule has 0 unspecified atom stereocenters. The van der Waals surface area contributed by atoms with Crippen LogP contribution in [-0.4, -0.2) is 38.3 Å². The molecule has 0 fully saturated rings. The summed E-state index contributed by atoms with van der Waals surface area (Å²) in [5, 5.41) is 13.2. The zero-order chi connectivity index (χ0) is 14.5. The maximum absolute atomic E-state index is 12.2. The Morgan fingerprint density at radius 2 is 2.20 bits per heavy atom. The van der Waals surface area contributed by atoms with Crippen LogP contribution in [0.2, 0.25) is 5.02 Å². The van der Waals surface area contributed by atoms with Crippen molar-refractivity contribution in [1.82, 2.24) is 14.8 Å². The topological polar surface area (TPSA) is 88.3 Å². The number of aromatic nitrogens is 3. The number of benzene rings is 1. The largest absolute Gasteiger partial charge is 0.480 e. The minimum atomic E-state index is -1.11. The Morgan fingerprint density at radius 1 is 1.40 bits per heavy atom. The predicted octanol–water partition coefficient (Wildman–Crippen LogP) is 1.05. The molecule has 20 heavy (non-hydrogen) atoms. The van der Waals surface area contributed by atoms with E-state index in [1.807, 2.05) is 0 Å². The number of hydrogen-bond acceptors (Lipinski definition) is 4. The second-order valence-corrected chi connectivity index (χ2v) is 4.38. The van der Waals surface area contributed by atoms with Crippen molar-refractivity contribution in [2.45, 2.75) is 6.54 Å². The van der Waals surface area contributed by atoms with E-state index in [-0.39, 0.29) is 6.54 Å². The molecule has 0 saturated heterocycles. The van der Waals surface area contributed by atoms with Crippen molar-refractivity contribution >= 4 is 29.2 Å². The van der Waals surface area contributed by atoms with Crippen LogP contribution >= 0.6 is 11.6 Å². The van der Waals surface area contributed by atoms with E-state index in [0.29, 0.717) is 10.7 Å². The van der Waals surface area contributed by atoms with Crippen LogP contribution in [0.15, 0.2) is 36.9 Å². The van der Waals surface area contributed by atoms with Crippen molar-refractivity contribution in [1.29, 1.82) is 0 Å². The number of carboxylic acids is 1.